The second-order valence-electron chi connectivity index (χ2n) is 5.88. The molecule has 0 unspecified atom stereocenters. The number of aliphatic hydroxyl groups excluding tert-OH is 1. The average molecular weight is 351 g/mol. The highest BCUT2D eigenvalue weighted by Gasteiger charge is 2.18. The Bertz CT molecular complexity index is 873. The van der Waals surface area contributed by atoms with E-state index in [1.54, 1.807) is 28.9 Å². The van der Waals surface area contributed by atoms with Crippen LogP contribution in [0.5, 0.6) is 5.75 Å². The van der Waals surface area contributed by atoms with Crippen LogP contribution in [-0.2, 0) is 13.2 Å². The molecule has 1 heterocycles. The van der Waals surface area contributed by atoms with Gasteiger partial charge in [-0.3, -0.25) is 4.79 Å². The Balaban J connectivity index is 1.73. The number of hydrogen-bond acceptors (Lipinski definition) is 5. The Morgan fingerprint density at radius 3 is 2.46 bits per heavy atom. The van der Waals surface area contributed by atoms with Gasteiger partial charge in [0.05, 0.1) is 0 Å². The van der Waals surface area contributed by atoms with Gasteiger partial charge in [-0.1, -0.05) is 30.3 Å². The second kappa shape index (κ2) is 7.93. The summed E-state index contributed by atoms with van der Waals surface area (Å²) in [6.07, 6.45) is -0.877. The van der Waals surface area contributed by atoms with Crippen LogP contribution >= 0.6 is 0 Å². The van der Waals surface area contributed by atoms with Crippen LogP contribution in [0.25, 0.3) is 0 Å². The molecule has 0 spiro atoms. The van der Waals surface area contributed by atoms with Gasteiger partial charge in [-0.25, -0.2) is 9.67 Å². The molecule has 0 aliphatic carbocycles. The topological polar surface area (TPSA) is 77.2 Å². The molecule has 6 heteroatoms. The van der Waals surface area contributed by atoms with Crippen molar-refractivity contribution < 1.29 is 14.6 Å². The molecule has 0 aliphatic rings. The number of aliphatic hydroxyl groups is 1. The molecule has 1 N–H and O–H groups in total. The highest BCUT2D eigenvalue weighted by Crippen LogP contribution is 2.20. The van der Waals surface area contributed by atoms with Crippen molar-refractivity contribution in [3.63, 3.8) is 0 Å². The largest absolute Gasteiger partial charge is 0.486 e. The zero-order valence-electron chi connectivity index (χ0n) is 14.8. The van der Waals surface area contributed by atoms with E-state index < -0.39 is 6.10 Å². The first-order valence-electron chi connectivity index (χ1n) is 8.49. The Hall–Kier alpha value is -2.99. The molecular formula is C20H21N3O3. The first-order valence-corrected chi connectivity index (χ1v) is 8.49. The minimum Gasteiger partial charge on any atom is -0.486 e. The Morgan fingerprint density at radius 2 is 1.85 bits per heavy atom. The van der Waals surface area contributed by atoms with E-state index in [1.165, 1.54) is 6.92 Å². The summed E-state index contributed by atoms with van der Waals surface area (Å²) in [5.41, 5.74) is 1.38. The first-order chi connectivity index (χ1) is 12.6. The van der Waals surface area contributed by atoms with E-state index in [1.807, 2.05) is 37.3 Å². The number of carbonyl (C=O) groups excluding carboxylic acids is 1. The zero-order chi connectivity index (χ0) is 18.5. The monoisotopic (exact) mass is 351 g/mol. The van der Waals surface area contributed by atoms with Crippen LogP contribution in [0.15, 0.2) is 54.6 Å². The quantitative estimate of drug-likeness (QED) is 0.662. The molecule has 0 radical (unpaired) electrons. The number of carbonyl (C=O) groups is 1. The smallest absolute Gasteiger partial charge is 0.184 e. The lowest BCUT2D eigenvalue weighted by Gasteiger charge is -2.06. The maximum absolute atomic E-state index is 11.3. The molecule has 134 valence electrons. The van der Waals surface area contributed by atoms with Crippen LogP contribution in [0.1, 0.15) is 47.5 Å². The van der Waals surface area contributed by atoms with Crippen molar-refractivity contribution >= 4 is 5.78 Å². The zero-order valence-corrected chi connectivity index (χ0v) is 14.8. The molecule has 26 heavy (non-hydrogen) atoms. The van der Waals surface area contributed by atoms with Gasteiger partial charge in [0.15, 0.2) is 17.4 Å². The number of nitrogens with zero attached hydrogens (tertiary/aromatic N) is 3. The van der Waals surface area contributed by atoms with Gasteiger partial charge in [-0.05, 0) is 43.7 Å². The summed E-state index contributed by atoms with van der Waals surface area (Å²) in [6.45, 7) is 4.33. The Labute approximate surface area is 152 Å². The van der Waals surface area contributed by atoms with E-state index in [4.69, 9.17) is 4.74 Å². The number of ketones is 1. The van der Waals surface area contributed by atoms with Gasteiger partial charge in [-0.2, -0.15) is 5.10 Å². The molecule has 6 nitrogen and oxygen atoms in total. The van der Waals surface area contributed by atoms with Gasteiger partial charge < -0.3 is 9.84 Å². The number of rotatable bonds is 7. The van der Waals surface area contributed by atoms with Crippen LogP contribution in [0.3, 0.4) is 0 Å². The molecule has 3 aromatic rings. The van der Waals surface area contributed by atoms with Gasteiger partial charge in [0.2, 0.25) is 0 Å². The number of aromatic nitrogens is 3. The third-order valence-electron chi connectivity index (χ3n) is 4.05. The van der Waals surface area contributed by atoms with E-state index in [9.17, 15) is 9.90 Å². The predicted molar refractivity (Wildman–Crippen MR) is 97.0 cm³/mol. The Morgan fingerprint density at radius 1 is 1.15 bits per heavy atom. The highest BCUT2D eigenvalue weighted by atomic mass is 16.5. The normalized spacial score (nSPS) is 12.0. The third-order valence-corrected chi connectivity index (χ3v) is 4.05. The fourth-order valence-electron chi connectivity index (χ4n) is 2.59. The fraction of sp³-hybridized carbons (Fsp3) is 0.250. The average Bonchev–Trinajstić information content (AvgIpc) is 3.10. The summed E-state index contributed by atoms with van der Waals surface area (Å²) in [5.74, 6) is 1.64. The lowest BCUT2D eigenvalue weighted by molar-refractivity contribution is 0.101. The third kappa shape index (κ3) is 3.97. The molecule has 0 bridgehead atoms. The van der Waals surface area contributed by atoms with Crippen LogP contribution in [-0.4, -0.2) is 25.7 Å². The van der Waals surface area contributed by atoms with Crippen molar-refractivity contribution in [1.29, 1.82) is 0 Å². The van der Waals surface area contributed by atoms with E-state index in [-0.39, 0.29) is 12.4 Å². The SMILES string of the molecule is CCn1nc([C@@H](O)c2ccccc2)nc1COc1ccc(C(C)=O)cc1. The van der Waals surface area contributed by atoms with Gasteiger partial charge in [0.25, 0.3) is 0 Å². The summed E-state index contributed by atoms with van der Waals surface area (Å²) in [7, 11) is 0. The molecule has 1 atom stereocenters. The van der Waals surface area contributed by atoms with Gasteiger partial charge in [-0.15, -0.1) is 0 Å². The molecule has 0 amide bonds. The highest BCUT2D eigenvalue weighted by molar-refractivity contribution is 5.94. The van der Waals surface area contributed by atoms with Crippen LogP contribution in [0, 0.1) is 0 Å². The molecule has 2 aromatic carbocycles. The second-order valence-corrected chi connectivity index (χ2v) is 5.88. The van der Waals surface area contributed by atoms with Crippen molar-refractivity contribution in [2.45, 2.75) is 33.1 Å². The summed E-state index contributed by atoms with van der Waals surface area (Å²) >= 11 is 0. The van der Waals surface area contributed by atoms with E-state index >= 15 is 0 Å². The van der Waals surface area contributed by atoms with Crippen LogP contribution in [0.2, 0.25) is 0 Å². The summed E-state index contributed by atoms with van der Waals surface area (Å²) in [4.78, 5) is 15.8. The summed E-state index contributed by atoms with van der Waals surface area (Å²) < 4.78 is 7.47. The van der Waals surface area contributed by atoms with E-state index in [2.05, 4.69) is 10.1 Å². The Kier molecular flexibility index (Phi) is 5.43. The maximum Gasteiger partial charge on any atom is 0.184 e. The molecule has 3 rings (SSSR count). The van der Waals surface area contributed by atoms with Gasteiger partial charge in [0, 0.05) is 12.1 Å². The van der Waals surface area contributed by atoms with Crippen molar-refractivity contribution in [2.24, 2.45) is 0 Å². The van der Waals surface area contributed by atoms with Crippen molar-refractivity contribution in [2.75, 3.05) is 0 Å². The van der Waals surface area contributed by atoms with Gasteiger partial charge >= 0.3 is 0 Å². The lowest BCUT2D eigenvalue weighted by Crippen LogP contribution is -2.07. The maximum atomic E-state index is 11.3. The van der Waals surface area contributed by atoms with Crippen molar-refractivity contribution in [1.82, 2.24) is 14.8 Å². The number of hydrogen-bond donors (Lipinski definition) is 1. The first kappa shape index (κ1) is 17.8. The van der Waals surface area contributed by atoms with Crippen molar-refractivity contribution in [3.05, 3.63) is 77.4 Å². The van der Waals surface area contributed by atoms with Crippen LogP contribution < -0.4 is 4.74 Å². The minimum absolute atomic E-state index is 0.0156. The van der Waals surface area contributed by atoms with Crippen molar-refractivity contribution in [3.8, 4) is 5.75 Å². The van der Waals surface area contributed by atoms with E-state index in [0.717, 1.165) is 5.56 Å². The molecule has 1 aromatic heterocycles. The minimum atomic E-state index is -0.877. The molecule has 0 saturated carbocycles. The number of ether oxygens (including phenoxy) is 1. The number of benzene rings is 2. The lowest BCUT2D eigenvalue weighted by atomic mass is 10.1. The van der Waals surface area contributed by atoms with Gasteiger partial charge in [0.1, 0.15) is 18.5 Å². The summed E-state index contributed by atoms with van der Waals surface area (Å²) in [6, 6.07) is 16.3. The molecule has 0 fully saturated rings. The van der Waals surface area contributed by atoms with E-state index in [0.29, 0.717) is 29.5 Å². The van der Waals surface area contributed by atoms with Crippen LogP contribution in [0.4, 0.5) is 0 Å². The number of Topliss-reactive ketones (excluding diaryl/α,β-unsaturated/α-hetero) is 1. The standard InChI is InChI=1S/C20H21N3O3/c1-3-23-18(13-26-17-11-9-15(10-12-17)14(2)24)21-20(22-23)19(25)16-7-5-4-6-8-16/h4-12,19,25H,3,13H2,1-2H3/t19-/m0/s1. The molecule has 0 aliphatic heterocycles. The number of aryl methyl sites for hydroxylation is 1. The fourth-order valence-corrected chi connectivity index (χ4v) is 2.59. The molecular weight excluding hydrogens is 330 g/mol. The predicted octanol–water partition coefficient (Wildman–Crippen LogP) is 3.16. The summed E-state index contributed by atoms with van der Waals surface area (Å²) in [5, 5.41) is 14.9. The molecule has 0 saturated heterocycles.